The van der Waals surface area contributed by atoms with Crippen LogP contribution in [0.1, 0.15) is 41.6 Å². The highest BCUT2D eigenvalue weighted by Crippen LogP contribution is 2.30. The average molecular weight is 390 g/mol. The molecule has 0 unspecified atom stereocenters. The second kappa shape index (κ2) is 8.37. The Balaban J connectivity index is 1.56. The minimum absolute atomic E-state index is 0.201. The molecule has 0 atom stereocenters. The normalized spacial score (nSPS) is 10.9. The molecule has 0 radical (unpaired) electrons. The molecule has 136 valence electrons. The molecule has 0 aliphatic heterocycles. The zero-order valence-electron chi connectivity index (χ0n) is 14.7. The van der Waals surface area contributed by atoms with Crippen LogP contribution in [0.5, 0.6) is 0 Å². The van der Waals surface area contributed by atoms with Crippen molar-refractivity contribution in [3.63, 3.8) is 0 Å². The van der Waals surface area contributed by atoms with Crippen LogP contribution < -0.4 is 5.32 Å². The number of aromatic nitrogens is 2. The van der Waals surface area contributed by atoms with Crippen LogP contribution in [0.3, 0.4) is 0 Å². The number of benzene rings is 1. The minimum atomic E-state index is -0.480. The van der Waals surface area contributed by atoms with E-state index in [1.165, 1.54) is 35.8 Å². The molecule has 3 aromatic rings. The molecule has 0 amide bonds. The quantitative estimate of drug-likeness (QED) is 0.446. The number of ether oxygens (including phenoxy) is 1. The van der Waals surface area contributed by atoms with Crippen LogP contribution in [0.25, 0.3) is 0 Å². The largest absolute Gasteiger partial charge is 0.463 e. The van der Waals surface area contributed by atoms with Crippen molar-refractivity contribution in [3.05, 3.63) is 53.5 Å². The van der Waals surface area contributed by atoms with Gasteiger partial charge in [-0.15, -0.1) is 10.2 Å². The number of hydrogen-bond acceptors (Lipinski definition) is 8. The van der Waals surface area contributed by atoms with Crippen molar-refractivity contribution in [1.29, 1.82) is 0 Å². The van der Waals surface area contributed by atoms with Crippen molar-refractivity contribution in [3.8, 4) is 0 Å². The van der Waals surface area contributed by atoms with Crippen molar-refractivity contribution in [2.45, 2.75) is 29.9 Å². The number of carbonyl (C=O) groups is 1. The fraction of sp³-hybridized carbons (Fsp3) is 0.278. The van der Waals surface area contributed by atoms with E-state index in [0.29, 0.717) is 17.4 Å². The topological polar surface area (TPSA) is 77.2 Å². The Morgan fingerprint density at radius 2 is 2.00 bits per heavy atom. The van der Waals surface area contributed by atoms with Crippen LogP contribution in [-0.2, 0) is 10.5 Å². The van der Waals surface area contributed by atoms with E-state index in [2.05, 4.69) is 46.2 Å². The lowest BCUT2D eigenvalue weighted by atomic mass is 10.0. The van der Waals surface area contributed by atoms with Gasteiger partial charge in [-0.25, -0.2) is 4.79 Å². The molecule has 0 bridgehead atoms. The van der Waals surface area contributed by atoms with Gasteiger partial charge in [-0.2, -0.15) is 0 Å². The third-order valence-electron chi connectivity index (χ3n) is 3.62. The zero-order chi connectivity index (χ0) is 18.5. The number of furan rings is 1. The van der Waals surface area contributed by atoms with Gasteiger partial charge in [0.2, 0.25) is 10.9 Å². The minimum Gasteiger partial charge on any atom is -0.463 e. The molecule has 0 aliphatic carbocycles. The van der Waals surface area contributed by atoms with Crippen molar-refractivity contribution < 1.29 is 13.9 Å². The molecular weight excluding hydrogens is 370 g/mol. The van der Waals surface area contributed by atoms with Crippen LogP contribution in [0.4, 0.5) is 10.8 Å². The van der Waals surface area contributed by atoms with Gasteiger partial charge in [0.15, 0.2) is 4.34 Å². The number of anilines is 2. The van der Waals surface area contributed by atoms with E-state index >= 15 is 0 Å². The lowest BCUT2D eigenvalue weighted by molar-refractivity contribution is 0.0563. The highest BCUT2D eigenvalue weighted by Gasteiger charge is 2.12. The van der Waals surface area contributed by atoms with Crippen molar-refractivity contribution in [1.82, 2.24) is 10.2 Å². The molecule has 0 saturated carbocycles. The number of methoxy groups -OCH3 is 1. The summed E-state index contributed by atoms with van der Waals surface area (Å²) in [6, 6.07) is 11.7. The number of rotatable bonds is 7. The molecule has 26 heavy (non-hydrogen) atoms. The first kappa shape index (κ1) is 18.5. The third kappa shape index (κ3) is 4.64. The second-order valence-electron chi connectivity index (χ2n) is 5.82. The van der Waals surface area contributed by atoms with Crippen LogP contribution in [0, 0.1) is 0 Å². The van der Waals surface area contributed by atoms with Crippen LogP contribution in [0.2, 0.25) is 0 Å². The second-order valence-corrected chi connectivity index (χ2v) is 8.02. The van der Waals surface area contributed by atoms with E-state index in [0.717, 1.165) is 15.2 Å². The van der Waals surface area contributed by atoms with Crippen molar-refractivity contribution >= 4 is 39.9 Å². The van der Waals surface area contributed by atoms with Gasteiger partial charge in [0.05, 0.1) is 12.9 Å². The first-order valence-corrected chi connectivity index (χ1v) is 9.85. The molecule has 2 aromatic heterocycles. The van der Waals surface area contributed by atoms with E-state index in [1.54, 1.807) is 12.1 Å². The van der Waals surface area contributed by atoms with Gasteiger partial charge in [-0.1, -0.05) is 49.1 Å². The number of carbonyl (C=O) groups excluding carboxylic acids is 1. The number of nitrogens with one attached hydrogen (secondary N) is 1. The predicted octanol–water partition coefficient (Wildman–Crippen LogP) is 5.08. The number of esters is 1. The zero-order valence-corrected chi connectivity index (χ0v) is 16.3. The summed E-state index contributed by atoms with van der Waals surface area (Å²) in [6.45, 7) is 4.34. The van der Waals surface area contributed by atoms with Gasteiger partial charge >= 0.3 is 5.97 Å². The highest BCUT2D eigenvalue weighted by atomic mass is 32.2. The Morgan fingerprint density at radius 1 is 1.23 bits per heavy atom. The van der Waals surface area contributed by atoms with Crippen LogP contribution in [-0.4, -0.2) is 23.3 Å². The summed E-state index contributed by atoms with van der Waals surface area (Å²) in [4.78, 5) is 11.4. The predicted molar refractivity (Wildman–Crippen MR) is 103 cm³/mol. The fourth-order valence-corrected chi connectivity index (χ4v) is 3.86. The third-order valence-corrected chi connectivity index (χ3v) is 5.62. The molecule has 0 spiro atoms. The summed E-state index contributed by atoms with van der Waals surface area (Å²) in [7, 11) is 1.32. The number of hydrogen-bond donors (Lipinski definition) is 1. The van der Waals surface area contributed by atoms with E-state index in [-0.39, 0.29) is 5.76 Å². The maximum Gasteiger partial charge on any atom is 0.373 e. The molecular formula is C18H19N3O3S2. The lowest BCUT2D eigenvalue weighted by Crippen LogP contribution is -1.98. The first-order valence-electron chi connectivity index (χ1n) is 8.05. The molecule has 0 saturated heterocycles. The molecule has 2 heterocycles. The van der Waals surface area contributed by atoms with Gasteiger partial charge in [0, 0.05) is 5.69 Å². The Labute approximate surface area is 160 Å². The van der Waals surface area contributed by atoms with Gasteiger partial charge in [0.25, 0.3) is 0 Å². The summed E-state index contributed by atoms with van der Waals surface area (Å²) in [5.74, 6) is 1.48. The van der Waals surface area contributed by atoms with Gasteiger partial charge in [-0.3, -0.25) is 0 Å². The number of thioether (sulfide) groups is 1. The highest BCUT2D eigenvalue weighted by molar-refractivity contribution is 8.00. The lowest BCUT2D eigenvalue weighted by Gasteiger charge is -2.06. The van der Waals surface area contributed by atoms with Gasteiger partial charge in [0.1, 0.15) is 5.76 Å². The molecule has 1 aromatic carbocycles. The van der Waals surface area contributed by atoms with E-state index in [1.807, 2.05) is 12.1 Å². The standard InChI is InChI=1S/C18H19N3O3S2/c1-11(2)12-4-6-13(7-5-12)19-17-20-21-18(26-17)25-10-14-8-9-15(24-14)16(22)23-3/h4-9,11H,10H2,1-3H3,(H,19,20). The monoisotopic (exact) mass is 389 g/mol. The molecule has 1 N–H and O–H groups in total. The van der Waals surface area contributed by atoms with Crippen molar-refractivity contribution in [2.24, 2.45) is 0 Å². The SMILES string of the molecule is COC(=O)c1ccc(CSc2nnc(Nc3ccc(C(C)C)cc3)s2)o1. The molecule has 6 nitrogen and oxygen atoms in total. The Bertz CT molecular complexity index is 872. The maximum atomic E-state index is 11.4. The summed E-state index contributed by atoms with van der Waals surface area (Å²) in [5.41, 5.74) is 2.28. The summed E-state index contributed by atoms with van der Waals surface area (Å²) in [6.07, 6.45) is 0. The Kier molecular flexibility index (Phi) is 5.95. The van der Waals surface area contributed by atoms with Gasteiger partial charge in [-0.05, 0) is 35.7 Å². The van der Waals surface area contributed by atoms with Gasteiger partial charge < -0.3 is 14.5 Å². The van der Waals surface area contributed by atoms with Crippen LogP contribution >= 0.6 is 23.1 Å². The van der Waals surface area contributed by atoms with E-state index < -0.39 is 5.97 Å². The summed E-state index contributed by atoms with van der Waals surface area (Å²) in [5, 5.41) is 12.3. The van der Waals surface area contributed by atoms with E-state index in [9.17, 15) is 4.79 Å². The summed E-state index contributed by atoms with van der Waals surface area (Å²) < 4.78 is 10.9. The Hall–Kier alpha value is -2.32. The fourth-order valence-electron chi connectivity index (χ4n) is 2.19. The Morgan fingerprint density at radius 3 is 2.69 bits per heavy atom. The van der Waals surface area contributed by atoms with Crippen LogP contribution in [0.15, 0.2) is 45.2 Å². The number of nitrogens with zero attached hydrogens (tertiary/aromatic N) is 2. The smallest absolute Gasteiger partial charge is 0.373 e. The maximum absolute atomic E-state index is 11.4. The summed E-state index contributed by atoms with van der Waals surface area (Å²) >= 11 is 2.97. The average Bonchev–Trinajstić information content (AvgIpc) is 3.29. The molecule has 8 heteroatoms. The first-order chi connectivity index (χ1) is 12.5. The van der Waals surface area contributed by atoms with E-state index in [4.69, 9.17) is 4.42 Å². The molecule has 0 fully saturated rings. The van der Waals surface area contributed by atoms with Crippen molar-refractivity contribution in [2.75, 3.05) is 12.4 Å². The molecule has 0 aliphatic rings. The molecule has 3 rings (SSSR count).